The fraction of sp³-hybridized carbons (Fsp3) is 0.417. The van der Waals surface area contributed by atoms with E-state index in [4.69, 9.17) is 4.74 Å². The fourth-order valence-electron chi connectivity index (χ4n) is 1.33. The van der Waals surface area contributed by atoms with Crippen LogP contribution in [0.1, 0.15) is 5.56 Å². The van der Waals surface area contributed by atoms with Crippen molar-refractivity contribution in [1.29, 1.82) is 0 Å². The first kappa shape index (κ1) is 13.3. The molecule has 1 aromatic carbocycles. The number of carbonyl (C=O) groups is 1. The minimum Gasteiger partial charge on any atom is -0.497 e. The molecule has 0 aliphatic carbocycles. The Morgan fingerprint density at radius 1 is 1.29 bits per heavy atom. The standard InChI is InChI=1S/C12H19N3O2/c1-13-6-7-14-12(16)15-9-10-4-3-5-11(8-10)17-2/h3-5,8,13H,6-7,9H2,1-2H3,(H2,14,15,16). The lowest BCUT2D eigenvalue weighted by atomic mass is 10.2. The monoisotopic (exact) mass is 237 g/mol. The van der Waals surface area contributed by atoms with Gasteiger partial charge < -0.3 is 20.7 Å². The highest BCUT2D eigenvalue weighted by atomic mass is 16.5. The van der Waals surface area contributed by atoms with Crippen LogP contribution in [0, 0.1) is 0 Å². The van der Waals surface area contributed by atoms with E-state index in [0.717, 1.165) is 17.9 Å². The molecule has 0 fully saturated rings. The van der Waals surface area contributed by atoms with Crippen molar-refractivity contribution in [2.24, 2.45) is 0 Å². The number of likely N-dealkylation sites (N-methyl/N-ethyl adjacent to an activating group) is 1. The minimum atomic E-state index is -0.164. The summed E-state index contributed by atoms with van der Waals surface area (Å²) in [4.78, 5) is 11.4. The second-order valence-electron chi connectivity index (χ2n) is 3.56. The van der Waals surface area contributed by atoms with Crippen LogP contribution < -0.4 is 20.7 Å². The molecule has 5 nitrogen and oxygen atoms in total. The highest BCUT2D eigenvalue weighted by molar-refractivity contribution is 5.73. The highest BCUT2D eigenvalue weighted by Gasteiger charge is 2.00. The SMILES string of the molecule is CNCCNC(=O)NCc1cccc(OC)c1. The average Bonchev–Trinajstić information content (AvgIpc) is 2.37. The Hall–Kier alpha value is -1.75. The first-order valence-electron chi connectivity index (χ1n) is 5.55. The van der Waals surface area contributed by atoms with E-state index in [1.807, 2.05) is 31.3 Å². The van der Waals surface area contributed by atoms with E-state index in [9.17, 15) is 4.79 Å². The van der Waals surface area contributed by atoms with Gasteiger partial charge in [0.1, 0.15) is 5.75 Å². The molecule has 0 aliphatic heterocycles. The number of ether oxygens (including phenoxy) is 1. The van der Waals surface area contributed by atoms with E-state index in [1.54, 1.807) is 7.11 Å². The van der Waals surface area contributed by atoms with E-state index in [0.29, 0.717) is 13.1 Å². The largest absolute Gasteiger partial charge is 0.497 e. The number of nitrogens with one attached hydrogen (secondary N) is 3. The van der Waals surface area contributed by atoms with Crippen molar-refractivity contribution >= 4 is 6.03 Å². The van der Waals surface area contributed by atoms with Crippen molar-refractivity contribution in [1.82, 2.24) is 16.0 Å². The average molecular weight is 237 g/mol. The van der Waals surface area contributed by atoms with Crippen LogP contribution >= 0.6 is 0 Å². The Morgan fingerprint density at radius 2 is 2.12 bits per heavy atom. The number of urea groups is 1. The Labute approximate surface area is 102 Å². The summed E-state index contributed by atoms with van der Waals surface area (Å²) in [5.41, 5.74) is 1.01. The first-order chi connectivity index (χ1) is 8.26. The number of hydrogen-bond donors (Lipinski definition) is 3. The summed E-state index contributed by atoms with van der Waals surface area (Å²) in [5, 5.41) is 8.47. The van der Waals surface area contributed by atoms with Gasteiger partial charge in [0.25, 0.3) is 0 Å². The molecule has 0 heterocycles. The number of hydrogen-bond acceptors (Lipinski definition) is 3. The topological polar surface area (TPSA) is 62.4 Å². The second kappa shape index (κ2) is 7.51. The van der Waals surface area contributed by atoms with E-state index < -0.39 is 0 Å². The molecule has 0 bridgehead atoms. The molecule has 0 spiro atoms. The molecule has 0 aromatic heterocycles. The summed E-state index contributed by atoms with van der Waals surface area (Å²) >= 11 is 0. The molecule has 5 heteroatoms. The van der Waals surface area contributed by atoms with Crippen LogP contribution in [0.15, 0.2) is 24.3 Å². The molecule has 2 amide bonds. The van der Waals surface area contributed by atoms with Gasteiger partial charge in [-0.15, -0.1) is 0 Å². The van der Waals surface area contributed by atoms with Crippen LogP contribution in [0.4, 0.5) is 4.79 Å². The van der Waals surface area contributed by atoms with E-state index in [2.05, 4.69) is 16.0 Å². The fourth-order valence-corrected chi connectivity index (χ4v) is 1.33. The molecular formula is C12H19N3O2. The molecule has 1 aromatic rings. The first-order valence-corrected chi connectivity index (χ1v) is 5.55. The van der Waals surface area contributed by atoms with Crippen LogP contribution in [0.3, 0.4) is 0 Å². The van der Waals surface area contributed by atoms with Crippen LogP contribution in [0.2, 0.25) is 0 Å². The summed E-state index contributed by atoms with van der Waals surface area (Å²) in [6.07, 6.45) is 0. The van der Waals surface area contributed by atoms with Gasteiger partial charge >= 0.3 is 6.03 Å². The maximum atomic E-state index is 11.4. The zero-order chi connectivity index (χ0) is 12.5. The molecule has 17 heavy (non-hydrogen) atoms. The number of carbonyl (C=O) groups excluding carboxylic acids is 1. The van der Waals surface area contributed by atoms with Crippen molar-refractivity contribution in [3.63, 3.8) is 0 Å². The molecular weight excluding hydrogens is 218 g/mol. The molecule has 0 radical (unpaired) electrons. The Morgan fingerprint density at radius 3 is 2.82 bits per heavy atom. The zero-order valence-corrected chi connectivity index (χ0v) is 10.2. The summed E-state index contributed by atoms with van der Waals surface area (Å²) < 4.78 is 5.10. The molecule has 0 saturated carbocycles. The van der Waals surface area contributed by atoms with Gasteiger partial charge in [-0.25, -0.2) is 4.79 Å². The van der Waals surface area contributed by atoms with E-state index in [-0.39, 0.29) is 6.03 Å². The van der Waals surface area contributed by atoms with Gasteiger partial charge in [-0.05, 0) is 24.7 Å². The van der Waals surface area contributed by atoms with Crippen LogP contribution in [-0.2, 0) is 6.54 Å². The molecule has 94 valence electrons. The summed E-state index contributed by atoms with van der Waals surface area (Å²) in [6, 6.07) is 7.44. The van der Waals surface area contributed by atoms with Gasteiger partial charge in [0, 0.05) is 19.6 Å². The molecule has 0 aliphatic rings. The quantitative estimate of drug-likeness (QED) is 0.639. The van der Waals surface area contributed by atoms with Gasteiger partial charge in [0.15, 0.2) is 0 Å². The predicted octanol–water partition coefficient (Wildman–Crippen LogP) is 0.714. The van der Waals surface area contributed by atoms with Gasteiger partial charge in [0.2, 0.25) is 0 Å². The van der Waals surface area contributed by atoms with Gasteiger partial charge in [-0.2, -0.15) is 0 Å². The third kappa shape index (κ3) is 5.21. The Bertz CT molecular complexity index is 355. The van der Waals surface area contributed by atoms with Crippen LogP contribution in [0.25, 0.3) is 0 Å². The Balaban J connectivity index is 2.31. The van der Waals surface area contributed by atoms with Crippen molar-refractivity contribution in [2.75, 3.05) is 27.2 Å². The normalized spacial score (nSPS) is 9.76. The smallest absolute Gasteiger partial charge is 0.315 e. The minimum absolute atomic E-state index is 0.164. The van der Waals surface area contributed by atoms with Crippen molar-refractivity contribution in [3.05, 3.63) is 29.8 Å². The third-order valence-electron chi connectivity index (χ3n) is 2.25. The summed E-state index contributed by atoms with van der Waals surface area (Å²) in [5.74, 6) is 0.792. The molecule has 1 rings (SSSR count). The lowest BCUT2D eigenvalue weighted by Crippen LogP contribution is -2.38. The summed E-state index contributed by atoms with van der Waals surface area (Å²) in [7, 11) is 3.47. The van der Waals surface area contributed by atoms with Crippen molar-refractivity contribution in [3.8, 4) is 5.75 Å². The van der Waals surface area contributed by atoms with Crippen molar-refractivity contribution < 1.29 is 9.53 Å². The van der Waals surface area contributed by atoms with Gasteiger partial charge in [0.05, 0.1) is 7.11 Å². The van der Waals surface area contributed by atoms with Gasteiger partial charge in [-0.3, -0.25) is 0 Å². The lowest BCUT2D eigenvalue weighted by Gasteiger charge is -2.08. The third-order valence-corrected chi connectivity index (χ3v) is 2.25. The lowest BCUT2D eigenvalue weighted by molar-refractivity contribution is 0.240. The Kier molecular flexibility index (Phi) is 5.88. The zero-order valence-electron chi connectivity index (χ0n) is 10.2. The molecule has 0 saturated heterocycles. The molecule has 3 N–H and O–H groups in total. The summed E-state index contributed by atoms with van der Waals surface area (Å²) in [6.45, 7) is 1.86. The number of methoxy groups -OCH3 is 1. The number of rotatable bonds is 6. The van der Waals surface area contributed by atoms with Gasteiger partial charge in [-0.1, -0.05) is 12.1 Å². The van der Waals surface area contributed by atoms with Crippen LogP contribution in [0.5, 0.6) is 5.75 Å². The maximum Gasteiger partial charge on any atom is 0.315 e. The number of benzene rings is 1. The number of amides is 2. The highest BCUT2D eigenvalue weighted by Crippen LogP contribution is 2.11. The molecule has 0 unspecified atom stereocenters. The molecule has 0 atom stereocenters. The van der Waals surface area contributed by atoms with E-state index in [1.165, 1.54) is 0 Å². The predicted molar refractivity (Wildman–Crippen MR) is 67.2 cm³/mol. The maximum absolute atomic E-state index is 11.4. The van der Waals surface area contributed by atoms with E-state index >= 15 is 0 Å². The second-order valence-corrected chi connectivity index (χ2v) is 3.56. The van der Waals surface area contributed by atoms with Crippen molar-refractivity contribution in [2.45, 2.75) is 6.54 Å². The van der Waals surface area contributed by atoms with Crippen LogP contribution in [-0.4, -0.2) is 33.3 Å².